The van der Waals surface area contributed by atoms with Gasteiger partial charge in [-0.25, -0.2) is 13.2 Å². The van der Waals surface area contributed by atoms with E-state index in [0.29, 0.717) is 12.1 Å². The molecule has 0 spiro atoms. The minimum Gasteiger partial charge on any atom is -0.390 e. The summed E-state index contributed by atoms with van der Waals surface area (Å²) in [5.41, 5.74) is 10.1. The van der Waals surface area contributed by atoms with Crippen LogP contribution in [0, 0.1) is 17.5 Å². The number of rotatable bonds is 2. The van der Waals surface area contributed by atoms with Gasteiger partial charge in [0.15, 0.2) is 0 Å². The minimum atomic E-state index is -1.07. The fourth-order valence-corrected chi connectivity index (χ4v) is 2.48. The molecule has 0 aliphatic rings. The lowest BCUT2D eigenvalue weighted by Crippen LogP contribution is -2.11. The van der Waals surface area contributed by atoms with Crippen molar-refractivity contribution >= 4 is 22.2 Å². The first-order chi connectivity index (χ1) is 8.40. The molecule has 0 fully saturated rings. The van der Waals surface area contributed by atoms with Gasteiger partial charge in [-0.1, -0.05) is 0 Å². The van der Waals surface area contributed by atoms with E-state index in [1.165, 1.54) is 6.07 Å². The zero-order chi connectivity index (χ0) is 13.4. The average Bonchev–Trinajstić information content (AvgIpc) is 2.58. The number of nitrogens with two attached hydrogens (primary N) is 2. The molecule has 0 saturated heterocycles. The van der Waals surface area contributed by atoms with Gasteiger partial charge in [-0.15, -0.1) is 11.3 Å². The maximum Gasteiger partial charge on any atom is 0.251 e. The molecule has 1 aromatic heterocycles. The van der Waals surface area contributed by atoms with Crippen LogP contribution in [-0.2, 0) is 0 Å². The molecule has 1 aromatic carbocycles. The quantitative estimate of drug-likeness (QED) is 0.882. The topological polar surface area (TPSA) is 69.1 Å². The van der Waals surface area contributed by atoms with Crippen molar-refractivity contribution in [2.24, 2.45) is 5.73 Å². The van der Waals surface area contributed by atoms with Crippen LogP contribution in [-0.4, -0.2) is 5.91 Å². The molecule has 0 radical (unpaired) electrons. The molecule has 0 saturated carbocycles. The highest BCUT2D eigenvalue weighted by molar-refractivity contribution is 7.19. The molecule has 0 aliphatic heterocycles. The normalized spacial score (nSPS) is 10.6. The van der Waals surface area contributed by atoms with Crippen molar-refractivity contribution in [1.29, 1.82) is 0 Å². The Balaban J connectivity index is 2.63. The molecule has 3 nitrogen and oxygen atoms in total. The highest BCUT2D eigenvalue weighted by Crippen LogP contribution is 2.36. The molecular formula is C11H7F3N2OS. The number of halogens is 3. The van der Waals surface area contributed by atoms with Crippen molar-refractivity contribution in [3.05, 3.63) is 41.2 Å². The summed E-state index contributed by atoms with van der Waals surface area (Å²) in [6.07, 6.45) is 0. The van der Waals surface area contributed by atoms with E-state index >= 15 is 0 Å². The third-order valence-electron chi connectivity index (χ3n) is 2.28. The lowest BCUT2D eigenvalue weighted by molar-refractivity contribution is 0.100. The number of nitrogen functional groups attached to an aromatic ring is 1. The summed E-state index contributed by atoms with van der Waals surface area (Å²) >= 11 is 0.804. The molecule has 0 aliphatic carbocycles. The Labute approximate surface area is 104 Å². The van der Waals surface area contributed by atoms with E-state index in [0.717, 1.165) is 11.3 Å². The second kappa shape index (κ2) is 4.34. The van der Waals surface area contributed by atoms with Crippen LogP contribution in [0.2, 0.25) is 0 Å². The predicted molar refractivity (Wildman–Crippen MR) is 62.6 cm³/mol. The molecule has 4 N–H and O–H groups in total. The van der Waals surface area contributed by atoms with Crippen molar-refractivity contribution in [3.63, 3.8) is 0 Å². The van der Waals surface area contributed by atoms with E-state index in [1.54, 1.807) is 0 Å². The molecule has 1 amide bonds. The average molecular weight is 272 g/mol. The second-order valence-electron chi connectivity index (χ2n) is 3.50. The van der Waals surface area contributed by atoms with Crippen LogP contribution in [0.25, 0.3) is 10.4 Å². The van der Waals surface area contributed by atoms with Gasteiger partial charge in [0.2, 0.25) is 0 Å². The molecule has 18 heavy (non-hydrogen) atoms. The van der Waals surface area contributed by atoms with Gasteiger partial charge in [0, 0.05) is 17.0 Å². The number of hydrogen-bond donors (Lipinski definition) is 2. The molecule has 2 aromatic rings. The molecule has 2 rings (SSSR count). The molecule has 0 atom stereocenters. The monoisotopic (exact) mass is 272 g/mol. The number of benzene rings is 1. The summed E-state index contributed by atoms with van der Waals surface area (Å²) in [6.45, 7) is 0. The Morgan fingerprint density at radius 2 is 1.67 bits per heavy atom. The molecule has 94 valence electrons. The zero-order valence-electron chi connectivity index (χ0n) is 8.84. The molecule has 0 unspecified atom stereocenters. The molecule has 1 heterocycles. The van der Waals surface area contributed by atoms with Crippen LogP contribution in [0.4, 0.5) is 18.2 Å². The van der Waals surface area contributed by atoms with Gasteiger partial charge in [0.1, 0.15) is 17.5 Å². The Morgan fingerprint density at radius 1 is 1.11 bits per heavy atom. The number of amides is 1. The van der Waals surface area contributed by atoms with Crippen LogP contribution >= 0.6 is 11.3 Å². The Hall–Kier alpha value is -2.02. The number of primary amides is 1. The van der Waals surface area contributed by atoms with E-state index < -0.39 is 28.9 Å². The van der Waals surface area contributed by atoms with Crippen LogP contribution < -0.4 is 11.5 Å². The number of anilines is 1. The van der Waals surface area contributed by atoms with Gasteiger partial charge < -0.3 is 11.5 Å². The second-order valence-corrected chi connectivity index (χ2v) is 4.58. The summed E-state index contributed by atoms with van der Waals surface area (Å²) in [6, 6.07) is 2.29. The third-order valence-corrected chi connectivity index (χ3v) is 3.26. The Kier molecular flexibility index (Phi) is 3.00. The fourth-order valence-electron chi connectivity index (χ4n) is 1.50. The highest BCUT2D eigenvalue weighted by atomic mass is 32.1. The third kappa shape index (κ3) is 2.04. The van der Waals surface area contributed by atoms with Crippen molar-refractivity contribution in [2.45, 2.75) is 0 Å². The van der Waals surface area contributed by atoms with Gasteiger partial charge in [-0.3, -0.25) is 4.79 Å². The summed E-state index contributed by atoms with van der Waals surface area (Å²) in [5.74, 6) is -3.94. The Morgan fingerprint density at radius 3 is 2.11 bits per heavy atom. The fraction of sp³-hybridized carbons (Fsp3) is 0. The predicted octanol–water partition coefficient (Wildman–Crippen LogP) is 2.51. The zero-order valence-corrected chi connectivity index (χ0v) is 9.65. The number of carbonyl (C=O) groups excluding carboxylic acids is 1. The van der Waals surface area contributed by atoms with Crippen LogP contribution in [0.15, 0.2) is 18.2 Å². The molecule has 7 heteroatoms. The molecular weight excluding hydrogens is 265 g/mol. The highest BCUT2D eigenvalue weighted by Gasteiger charge is 2.19. The van der Waals surface area contributed by atoms with Gasteiger partial charge in [0.25, 0.3) is 5.91 Å². The summed E-state index contributed by atoms with van der Waals surface area (Å²) < 4.78 is 39.8. The van der Waals surface area contributed by atoms with Gasteiger partial charge in [-0.2, -0.15) is 0 Å². The first-order valence-corrected chi connectivity index (χ1v) is 5.56. The standard InChI is InChI=1S/C11H7F3N2OS/c12-4-1-6(13)9(7(14)2-4)8-3-5(10(15)17)11(16)18-8/h1-3H,16H2,(H2,15,17). The lowest BCUT2D eigenvalue weighted by Gasteiger charge is -2.02. The largest absolute Gasteiger partial charge is 0.390 e. The maximum atomic E-state index is 13.5. The van der Waals surface area contributed by atoms with Crippen molar-refractivity contribution in [1.82, 2.24) is 0 Å². The maximum absolute atomic E-state index is 13.5. The van der Waals surface area contributed by atoms with Gasteiger partial charge in [0.05, 0.1) is 16.1 Å². The van der Waals surface area contributed by atoms with Crippen molar-refractivity contribution in [3.8, 4) is 10.4 Å². The SMILES string of the molecule is NC(=O)c1cc(-c2c(F)cc(F)cc2F)sc1N. The smallest absolute Gasteiger partial charge is 0.251 e. The Bertz CT molecular complexity index is 616. The van der Waals surface area contributed by atoms with Crippen LogP contribution in [0.1, 0.15) is 10.4 Å². The lowest BCUT2D eigenvalue weighted by atomic mass is 10.1. The first kappa shape index (κ1) is 12.4. The summed E-state index contributed by atoms with van der Waals surface area (Å²) in [4.78, 5) is 11.1. The van der Waals surface area contributed by atoms with E-state index in [9.17, 15) is 18.0 Å². The van der Waals surface area contributed by atoms with Crippen molar-refractivity contribution < 1.29 is 18.0 Å². The summed E-state index contributed by atoms with van der Waals surface area (Å²) in [7, 11) is 0. The van der Waals surface area contributed by atoms with Gasteiger partial charge >= 0.3 is 0 Å². The number of carbonyl (C=O) groups is 1. The number of hydrogen-bond acceptors (Lipinski definition) is 3. The van der Waals surface area contributed by atoms with Crippen molar-refractivity contribution in [2.75, 3.05) is 5.73 Å². The summed E-state index contributed by atoms with van der Waals surface area (Å²) in [5, 5.41) is 0.0561. The van der Waals surface area contributed by atoms with Gasteiger partial charge in [-0.05, 0) is 6.07 Å². The van der Waals surface area contributed by atoms with Crippen LogP contribution in [0.3, 0.4) is 0 Å². The van der Waals surface area contributed by atoms with E-state index in [1.807, 2.05) is 0 Å². The minimum absolute atomic E-state index is 0.0156. The van der Waals surface area contributed by atoms with E-state index in [4.69, 9.17) is 11.5 Å². The first-order valence-electron chi connectivity index (χ1n) is 4.74. The molecule has 0 bridgehead atoms. The van der Waals surface area contributed by atoms with E-state index in [2.05, 4.69) is 0 Å². The number of thiophene rings is 1. The van der Waals surface area contributed by atoms with E-state index in [-0.39, 0.29) is 15.4 Å². The van der Waals surface area contributed by atoms with Crippen LogP contribution in [0.5, 0.6) is 0 Å².